The maximum Gasteiger partial charge on any atom is 0.314 e. The molecule has 146 valence electrons. The van der Waals surface area contributed by atoms with Crippen molar-refractivity contribution in [2.24, 2.45) is 5.92 Å². The normalized spacial score (nSPS) is 26.5. The van der Waals surface area contributed by atoms with Gasteiger partial charge in [-0.05, 0) is 39.0 Å². The van der Waals surface area contributed by atoms with Crippen LogP contribution in [0.25, 0.3) is 0 Å². The molecule has 25 heavy (non-hydrogen) atoms. The van der Waals surface area contributed by atoms with E-state index in [1.165, 1.54) is 57.8 Å². The number of aliphatic hydroxyl groups excluding tert-OH is 2. The van der Waals surface area contributed by atoms with Crippen LogP contribution in [0.1, 0.15) is 90.9 Å². The van der Waals surface area contributed by atoms with Crippen LogP contribution in [0.3, 0.4) is 0 Å². The second-order valence-corrected chi connectivity index (χ2v) is 7.59. The van der Waals surface area contributed by atoms with Gasteiger partial charge in [0.25, 0.3) is 0 Å². The third kappa shape index (κ3) is 7.91. The van der Waals surface area contributed by atoms with E-state index in [0.717, 1.165) is 12.8 Å². The smallest absolute Gasteiger partial charge is 0.314 e. The molecule has 1 heterocycles. The highest BCUT2D eigenvalue weighted by Crippen LogP contribution is 2.35. The first-order valence-electron chi connectivity index (χ1n) is 10.2. The first-order valence-corrected chi connectivity index (χ1v) is 10.2. The van der Waals surface area contributed by atoms with E-state index < -0.39 is 23.6 Å². The summed E-state index contributed by atoms with van der Waals surface area (Å²) >= 11 is 0. The molecule has 4 heteroatoms. The fourth-order valence-electron chi connectivity index (χ4n) is 3.49. The largest absolute Gasteiger partial charge is 0.456 e. The van der Waals surface area contributed by atoms with Gasteiger partial charge in [0.1, 0.15) is 17.6 Å². The van der Waals surface area contributed by atoms with Crippen LogP contribution in [0.2, 0.25) is 0 Å². The number of carbonyl (C=O) groups excluding carboxylic acids is 1. The van der Waals surface area contributed by atoms with Crippen LogP contribution >= 0.6 is 0 Å². The van der Waals surface area contributed by atoms with E-state index in [0.29, 0.717) is 6.42 Å². The molecule has 1 saturated heterocycles. The van der Waals surface area contributed by atoms with E-state index in [1.54, 1.807) is 6.92 Å². The molecule has 0 bridgehead atoms. The summed E-state index contributed by atoms with van der Waals surface area (Å²) in [6.07, 6.45) is 17.8. The number of unbranched alkanes of at least 4 members (excludes halogenated alkanes) is 9. The number of hydrogen-bond acceptors (Lipinski definition) is 4. The van der Waals surface area contributed by atoms with Gasteiger partial charge in [-0.25, -0.2) is 0 Å². The van der Waals surface area contributed by atoms with Crippen molar-refractivity contribution in [3.8, 4) is 0 Å². The fourth-order valence-corrected chi connectivity index (χ4v) is 3.49. The summed E-state index contributed by atoms with van der Waals surface area (Å²) in [6, 6.07) is 0. The van der Waals surface area contributed by atoms with Crippen molar-refractivity contribution in [2.45, 2.75) is 103 Å². The molecule has 0 aromatic heterocycles. The highest BCUT2D eigenvalue weighted by molar-refractivity contribution is 5.76. The minimum atomic E-state index is -0.892. The molecule has 0 unspecified atom stereocenters. The molecule has 1 rings (SSSR count). The zero-order valence-electron chi connectivity index (χ0n) is 16.2. The lowest BCUT2D eigenvalue weighted by Crippen LogP contribution is -2.39. The van der Waals surface area contributed by atoms with Crippen LogP contribution in [-0.4, -0.2) is 34.5 Å². The summed E-state index contributed by atoms with van der Waals surface area (Å²) in [5, 5.41) is 19.3. The second-order valence-electron chi connectivity index (χ2n) is 7.59. The quantitative estimate of drug-likeness (QED) is 0.273. The lowest BCUT2D eigenvalue weighted by atomic mass is 9.87. The number of rotatable bonds is 14. The third-order valence-corrected chi connectivity index (χ3v) is 5.26. The maximum absolute atomic E-state index is 11.6. The molecular formula is C21H38O4. The predicted molar refractivity (Wildman–Crippen MR) is 101 cm³/mol. The summed E-state index contributed by atoms with van der Waals surface area (Å²) in [5.41, 5.74) is -0.824. The van der Waals surface area contributed by atoms with Crippen LogP contribution in [0.5, 0.6) is 0 Å². The first-order chi connectivity index (χ1) is 12.0. The van der Waals surface area contributed by atoms with Gasteiger partial charge in [0.05, 0.1) is 6.61 Å². The minimum Gasteiger partial charge on any atom is -0.456 e. The number of allylic oxidation sites excluding steroid dienone is 2. The van der Waals surface area contributed by atoms with Gasteiger partial charge in [0.2, 0.25) is 0 Å². The Labute approximate surface area is 153 Å². The zero-order valence-corrected chi connectivity index (χ0v) is 16.2. The van der Waals surface area contributed by atoms with E-state index in [2.05, 4.69) is 19.1 Å². The molecule has 0 aromatic rings. The lowest BCUT2D eigenvalue weighted by Gasteiger charge is -2.27. The number of cyclic esters (lactones) is 1. The van der Waals surface area contributed by atoms with Crippen LogP contribution in [0.4, 0.5) is 0 Å². The Bertz CT molecular complexity index is 393. The van der Waals surface area contributed by atoms with Crippen molar-refractivity contribution in [3.63, 3.8) is 0 Å². The molecule has 0 radical (unpaired) electrons. The van der Waals surface area contributed by atoms with E-state index in [4.69, 9.17) is 9.84 Å². The molecule has 1 fully saturated rings. The van der Waals surface area contributed by atoms with Crippen LogP contribution < -0.4 is 0 Å². The summed E-state index contributed by atoms with van der Waals surface area (Å²) in [5.74, 6) is -1.25. The van der Waals surface area contributed by atoms with Gasteiger partial charge in [-0.3, -0.25) is 4.79 Å². The first kappa shape index (κ1) is 22.2. The van der Waals surface area contributed by atoms with Gasteiger partial charge in [0, 0.05) is 0 Å². The molecule has 4 nitrogen and oxygen atoms in total. The summed E-state index contributed by atoms with van der Waals surface area (Å²) in [4.78, 5) is 11.6. The Morgan fingerprint density at radius 2 is 1.56 bits per heavy atom. The molecule has 1 aliphatic heterocycles. The van der Waals surface area contributed by atoms with E-state index in [-0.39, 0.29) is 6.61 Å². The highest BCUT2D eigenvalue weighted by Gasteiger charge is 2.51. The number of esters is 1. The SMILES string of the molecule is CCC/C=C/CCCCCCCCCC[C@]1(C)OC(=O)[C@@H](CO)[C@@H]1O. The third-order valence-electron chi connectivity index (χ3n) is 5.26. The van der Waals surface area contributed by atoms with Gasteiger partial charge in [0.15, 0.2) is 0 Å². The Morgan fingerprint density at radius 3 is 2.12 bits per heavy atom. The standard InChI is InChI=1S/C21H38O4/c1-3-4-5-6-7-8-9-10-11-12-13-14-15-16-21(2)19(23)18(17-22)20(24)25-21/h5-6,18-19,22-23H,3-4,7-17H2,1-2H3/b6-5+/t18-,19-,21-/m0/s1. The number of ether oxygens (including phenoxy) is 1. The molecule has 0 aliphatic carbocycles. The van der Waals surface area contributed by atoms with Crippen molar-refractivity contribution in [1.29, 1.82) is 0 Å². The molecule has 2 N–H and O–H groups in total. The van der Waals surface area contributed by atoms with Crippen molar-refractivity contribution in [3.05, 3.63) is 12.2 Å². The van der Waals surface area contributed by atoms with Gasteiger partial charge in [-0.15, -0.1) is 0 Å². The monoisotopic (exact) mass is 354 g/mol. The van der Waals surface area contributed by atoms with Crippen molar-refractivity contribution < 1.29 is 19.7 Å². The summed E-state index contributed by atoms with van der Waals surface area (Å²) < 4.78 is 5.32. The van der Waals surface area contributed by atoms with Gasteiger partial charge < -0.3 is 14.9 Å². The molecule has 0 saturated carbocycles. The van der Waals surface area contributed by atoms with E-state index in [1.807, 2.05) is 0 Å². The summed E-state index contributed by atoms with van der Waals surface area (Å²) in [7, 11) is 0. The Hall–Kier alpha value is -0.870. The topological polar surface area (TPSA) is 66.8 Å². The van der Waals surface area contributed by atoms with E-state index in [9.17, 15) is 9.90 Å². The Kier molecular flexibility index (Phi) is 11.1. The van der Waals surface area contributed by atoms with Gasteiger partial charge in [-0.1, -0.05) is 64.0 Å². The highest BCUT2D eigenvalue weighted by atomic mass is 16.6. The zero-order chi connectivity index (χ0) is 18.5. The maximum atomic E-state index is 11.6. The molecule has 3 atom stereocenters. The average molecular weight is 355 g/mol. The average Bonchev–Trinajstić information content (AvgIpc) is 2.80. The summed E-state index contributed by atoms with van der Waals surface area (Å²) in [6.45, 7) is 3.64. The van der Waals surface area contributed by atoms with Crippen molar-refractivity contribution in [1.82, 2.24) is 0 Å². The number of hydrogen-bond donors (Lipinski definition) is 2. The number of aliphatic hydroxyl groups is 2. The van der Waals surface area contributed by atoms with E-state index >= 15 is 0 Å². The molecule has 0 amide bonds. The Balaban J connectivity index is 1.98. The molecule has 0 spiro atoms. The van der Waals surface area contributed by atoms with Crippen molar-refractivity contribution >= 4 is 5.97 Å². The molecule has 0 aromatic carbocycles. The van der Waals surface area contributed by atoms with Crippen LogP contribution in [0.15, 0.2) is 12.2 Å². The molecular weight excluding hydrogens is 316 g/mol. The van der Waals surface area contributed by atoms with Crippen LogP contribution in [-0.2, 0) is 9.53 Å². The van der Waals surface area contributed by atoms with Crippen LogP contribution in [0, 0.1) is 5.92 Å². The second kappa shape index (κ2) is 12.5. The molecule has 1 aliphatic rings. The van der Waals surface area contributed by atoms with Gasteiger partial charge in [-0.2, -0.15) is 0 Å². The predicted octanol–water partition coefficient (Wildman–Crippen LogP) is 4.53. The number of carbonyl (C=O) groups is 1. The minimum absolute atomic E-state index is 0.343. The lowest BCUT2D eigenvalue weighted by molar-refractivity contribution is -0.151. The van der Waals surface area contributed by atoms with Gasteiger partial charge >= 0.3 is 5.97 Å². The van der Waals surface area contributed by atoms with Crippen molar-refractivity contribution in [2.75, 3.05) is 6.61 Å². The Morgan fingerprint density at radius 1 is 1.00 bits per heavy atom. The fraction of sp³-hybridized carbons (Fsp3) is 0.857.